The Kier molecular flexibility index (Phi) is 4.07. The molecule has 104 valence electrons. The smallest absolute Gasteiger partial charge is 0.154 e. The van der Waals surface area contributed by atoms with Gasteiger partial charge in [-0.15, -0.1) is 0 Å². The van der Waals surface area contributed by atoms with Crippen LogP contribution in [0, 0.1) is 0 Å². The van der Waals surface area contributed by atoms with Gasteiger partial charge < -0.3 is 5.32 Å². The van der Waals surface area contributed by atoms with Crippen molar-refractivity contribution >= 4 is 16.7 Å². The van der Waals surface area contributed by atoms with Crippen LogP contribution in [-0.4, -0.2) is 23.4 Å². The lowest BCUT2D eigenvalue weighted by molar-refractivity contribution is -0.120. The van der Waals surface area contributed by atoms with Gasteiger partial charge in [-0.05, 0) is 37.1 Å². The average molecular weight is 268 g/mol. The molecule has 1 aromatic carbocycles. The minimum atomic E-state index is 0.0319. The number of nitrogens with zero attached hydrogens (tertiary/aromatic N) is 1. The van der Waals surface area contributed by atoms with E-state index in [1.54, 1.807) is 6.20 Å². The highest BCUT2D eigenvalue weighted by atomic mass is 16.1. The van der Waals surface area contributed by atoms with E-state index < -0.39 is 0 Å². The van der Waals surface area contributed by atoms with Gasteiger partial charge in [0.05, 0.1) is 11.6 Å². The number of rotatable bonds is 3. The van der Waals surface area contributed by atoms with Gasteiger partial charge in [-0.25, -0.2) is 0 Å². The van der Waals surface area contributed by atoms with Crippen LogP contribution in [-0.2, 0) is 11.2 Å². The second-order valence-corrected chi connectivity index (χ2v) is 5.49. The van der Waals surface area contributed by atoms with Crippen LogP contribution in [0.1, 0.15) is 31.2 Å². The van der Waals surface area contributed by atoms with Gasteiger partial charge in [0, 0.05) is 18.0 Å². The second-order valence-electron chi connectivity index (χ2n) is 5.49. The number of hydrogen-bond acceptors (Lipinski definition) is 3. The number of hydrogen-bond donors (Lipinski definition) is 1. The Balaban J connectivity index is 1.80. The van der Waals surface area contributed by atoms with E-state index in [9.17, 15) is 4.79 Å². The van der Waals surface area contributed by atoms with Crippen molar-refractivity contribution in [2.45, 2.75) is 38.1 Å². The summed E-state index contributed by atoms with van der Waals surface area (Å²) in [5.41, 5.74) is 2.05. The highest BCUT2D eigenvalue weighted by Crippen LogP contribution is 2.18. The molecule has 0 spiro atoms. The molecular weight excluding hydrogens is 248 g/mol. The third kappa shape index (κ3) is 2.88. The number of pyridine rings is 1. The van der Waals surface area contributed by atoms with Crippen molar-refractivity contribution < 1.29 is 4.79 Å². The van der Waals surface area contributed by atoms with Crippen LogP contribution < -0.4 is 5.32 Å². The summed E-state index contributed by atoms with van der Waals surface area (Å²) in [5, 5.41) is 4.48. The first-order chi connectivity index (χ1) is 9.84. The van der Waals surface area contributed by atoms with E-state index >= 15 is 0 Å². The molecule has 3 heteroatoms. The highest BCUT2D eigenvalue weighted by Gasteiger charge is 2.20. The second kappa shape index (κ2) is 6.14. The van der Waals surface area contributed by atoms with Crippen molar-refractivity contribution in [1.82, 2.24) is 10.3 Å². The summed E-state index contributed by atoms with van der Waals surface area (Å²) in [4.78, 5) is 16.8. The summed E-state index contributed by atoms with van der Waals surface area (Å²) in [7, 11) is 0. The normalized spacial score (nSPS) is 19.7. The van der Waals surface area contributed by atoms with Crippen molar-refractivity contribution in [2.24, 2.45) is 0 Å². The molecule has 0 amide bonds. The lowest BCUT2D eigenvalue weighted by Gasteiger charge is -2.15. The zero-order valence-electron chi connectivity index (χ0n) is 11.6. The molecule has 2 heterocycles. The first-order valence-electron chi connectivity index (χ1n) is 7.43. The third-order valence-electron chi connectivity index (χ3n) is 4.05. The predicted molar refractivity (Wildman–Crippen MR) is 80.7 cm³/mol. The quantitative estimate of drug-likeness (QED) is 0.930. The Morgan fingerprint density at radius 1 is 1.20 bits per heavy atom. The molecule has 1 unspecified atom stereocenters. The van der Waals surface area contributed by atoms with E-state index in [2.05, 4.69) is 10.3 Å². The number of fused-ring (bicyclic) bond motifs is 1. The minimum absolute atomic E-state index is 0.0319. The average Bonchev–Trinajstić information content (AvgIpc) is 2.77. The molecule has 20 heavy (non-hydrogen) atoms. The molecule has 2 aromatic rings. The molecule has 1 aliphatic heterocycles. The Morgan fingerprint density at radius 3 is 3.05 bits per heavy atom. The van der Waals surface area contributed by atoms with E-state index in [0.717, 1.165) is 35.9 Å². The van der Waals surface area contributed by atoms with Crippen LogP contribution in [0.5, 0.6) is 0 Å². The van der Waals surface area contributed by atoms with Gasteiger partial charge in [0.25, 0.3) is 0 Å². The first-order valence-corrected chi connectivity index (χ1v) is 7.43. The topological polar surface area (TPSA) is 42.0 Å². The lowest BCUT2D eigenvalue weighted by atomic mass is 9.98. The van der Waals surface area contributed by atoms with E-state index in [1.165, 1.54) is 12.8 Å². The highest BCUT2D eigenvalue weighted by molar-refractivity contribution is 5.91. The minimum Gasteiger partial charge on any atom is -0.307 e. The number of ketones is 1. The van der Waals surface area contributed by atoms with Gasteiger partial charge in [0.15, 0.2) is 5.78 Å². The molecule has 3 nitrogen and oxygen atoms in total. The molecule has 1 atom stereocenters. The molecule has 1 fully saturated rings. The fourth-order valence-corrected chi connectivity index (χ4v) is 2.92. The Morgan fingerprint density at radius 2 is 2.10 bits per heavy atom. The summed E-state index contributed by atoms with van der Waals surface area (Å²) >= 11 is 0. The first kappa shape index (κ1) is 13.3. The van der Waals surface area contributed by atoms with E-state index in [-0.39, 0.29) is 6.04 Å². The van der Waals surface area contributed by atoms with Crippen LogP contribution >= 0.6 is 0 Å². The fraction of sp³-hybridized carbons (Fsp3) is 0.412. The lowest BCUT2D eigenvalue weighted by Crippen LogP contribution is -2.37. The summed E-state index contributed by atoms with van der Waals surface area (Å²) in [6, 6.07) is 10.0. The van der Waals surface area contributed by atoms with E-state index in [0.29, 0.717) is 12.2 Å². The number of aromatic nitrogens is 1. The fourth-order valence-electron chi connectivity index (χ4n) is 2.92. The van der Waals surface area contributed by atoms with Crippen molar-refractivity contribution in [3.8, 4) is 0 Å². The molecule has 0 bridgehead atoms. The summed E-state index contributed by atoms with van der Waals surface area (Å²) < 4.78 is 0. The monoisotopic (exact) mass is 268 g/mol. The van der Waals surface area contributed by atoms with Crippen molar-refractivity contribution in [2.75, 3.05) is 6.54 Å². The van der Waals surface area contributed by atoms with Gasteiger partial charge in [-0.2, -0.15) is 0 Å². The molecule has 0 radical (unpaired) electrons. The summed E-state index contributed by atoms with van der Waals surface area (Å²) in [5.74, 6) is 0.309. The maximum absolute atomic E-state index is 12.5. The number of para-hydroxylation sites is 1. The predicted octanol–water partition coefficient (Wildman–Crippen LogP) is 2.88. The van der Waals surface area contributed by atoms with Crippen LogP contribution in [0.4, 0.5) is 0 Å². The van der Waals surface area contributed by atoms with Crippen molar-refractivity contribution in [3.05, 3.63) is 42.1 Å². The molecule has 1 N–H and O–H groups in total. The Bertz CT molecular complexity index is 595. The number of benzene rings is 1. The third-order valence-corrected chi connectivity index (χ3v) is 4.05. The van der Waals surface area contributed by atoms with Crippen LogP contribution in [0.25, 0.3) is 10.9 Å². The SMILES string of the molecule is O=C(Cc1ccnc2ccccc12)C1CCCCCN1. The molecule has 1 saturated heterocycles. The number of Topliss-reactive ketones (excluding diaryl/α,β-unsaturated/α-hetero) is 1. The molecule has 1 aromatic heterocycles. The largest absolute Gasteiger partial charge is 0.307 e. The Hall–Kier alpha value is -1.74. The summed E-state index contributed by atoms with van der Waals surface area (Å²) in [6.45, 7) is 0.966. The maximum atomic E-state index is 12.5. The zero-order valence-corrected chi connectivity index (χ0v) is 11.6. The standard InChI is InChI=1S/C17H20N2O/c20-17(16-8-2-1-5-10-18-16)12-13-9-11-19-15-7-4-3-6-14(13)15/h3-4,6-7,9,11,16,18H,1-2,5,8,10,12H2. The van der Waals surface area contributed by atoms with Gasteiger partial charge in [-0.3, -0.25) is 9.78 Å². The van der Waals surface area contributed by atoms with Crippen molar-refractivity contribution in [3.63, 3.8) is 0 Å². The van der Waals surface area contributed by atoms with E-state index in [1.807, 2.05) is 30.3 Å². The van der Waals surface area contributed by atoms with Gasteiger partial charge >= 0.3 is 0 Å². The molecular formula is C17H20N2O. The van der Waals surface area contributed by atoms with Crippen LogP contribution in [0.2, 0.25) is 0 Å². The number of nitrogens with one attached hydrogen (secondary N) is 1. The summed E-state index contributed by atoms with van der Waals surface area (Å²) in [6.07, 6.45) is 6.84. The van der Waals surface area contributed by atoms with Gasteiger partial charge in [0.2, 0.25) is 0 Å². The van der Waals surface area contributed by atoms with Crippen LogP contribution in [0.15, 0.2) is 36.5 Å². The van der Waals surface area contributed by atoms with Crippen LogP contribution in [0.3, 0.4) is 0 Å². The number of carbonyl (C=O) groups is 1. The van der Waals surface area contributed by atoms with Gasteiger partial charge in [-0.1, -0.05) is 31.0 Å². The van der Waals surface area contributed by atoms with Crippen molar-refractivity contribution in [1.29, 1.82) is 0 Å². The van der Waals surface area contributed by atoms with E-state index in [4.69, 9.17) is 0 Å². The zero-order chi connectivity index (χ0) is 13.8. The maximum Gasteiger partial charge on any atom is 0.154 e. The molecule has 3 rings (SSSR count). The molecule has 0 aliphatic carbocycles. The van der Waals surface area contributed by atoms with Gasteiger partial charge in [0.1, 0.15) is 0 Å². The number of carbonyl (C=O) groups excluding carboxylic acids is 1. The molecule has 0 saturated carbocycles. The Labute approximate surface area is 119 Å². The molecule has 1 aliphatic rings.